The summed E-state index contributed by atoms with van der Waals surface area (Å²) < 4.78 is 14.3. The molecular formula is C32H59NO8. The maximum Gasteiger partial charge on any atom is 0.407 e. The number of unbranched alkanes of at least 4 members (excludes halogenated alkanes) is 15. The number of esters is 2. The fourth-order valence-electron chi connectivity index (χ4n) is 3.63. The molecular weight excluding hydrogens is 526 g/mol. The van der Waals surface area contributed by atoms with Crippen molar-refractivity contribution in [3.63, 3.8) is 0 Å². The molecule has 0 saturated heterocycles. The summed E-state index contributed by atoms with van der Waals surface area (Å²) in [6, 6.07) is 0. The van der Waals surface area contributed by atoms with Crippen molar-refractivity contribution in [1.82, 2.24) is 5.32 Å². The van der Waals surface area contributed by atoms with E-state index in [1.807, 2.05) is 0 Å². The lowest BCUT2D eigenvalue weighted by Crippen LogP contribution is -2.31. The van der Waals surface area contributed by atoms with Gasteiger partial charge in [0.25, 0.3) is 0 Å². The van der Waals surface area contributed by atoms with Crippen LogP contribution in [0.3, 0.4) is 0 Å². The third kappa shape index (κ3) is 32.0. The lowest BCUT2D eigenvalue weighted by Gasteiger charge is -2.09. The van der Waals surface area contributed by atoms with E-state index in [9.17, 15) is 14.4 Å². The van der Waals surface area contributed by atoms with Crippen molar-refractivity contribution in [2.45, 2.75) is 130 Å². The molecule has 0 aromatic carbocycles. The van der Waals surface area contributed by atoms with Gasteiger partial charge in [-0.25, -0.2) is 14.4 Å². The Hall–Kier alpha value is -2.39. The van der Waals surface area contributed by atoms with Gasteiger partial charge in [0.2, 0.25) is 0 Å². The molecule has 0 aromatic heterocycles. The summed E-state index contributed by atoms with van der Waals surface area (Å²) in [4.78, 5) is 33.1. The summed E-state index contributed by atoms with van der Waals surface area (Å²) in [5, 5.41) is 19.6. The van der Waals surface area contributed by atoms with E-state index >= 15 is 0 Å². The average molecular weight is 586 g/mol. The molecule has 0 aliphatic heterocycles. The summed E-state index contributed by atoms with van der Waals surface area (Å²) in [7, 11) is 0. The second-order valence-corrected chi connectivity index (χ2v) is 10.5. The van der Waals surface area contributed by atoms with Crippen LogP contribution in [-0.2, 0) is 23.8 Å². The SMILES string of the molecule is C=C(C)C(=O)OCCCCCCCCCCCCCCCCCC.C=C(C)C(=O)OCCNC(=O)OCC(O)CO. The van der Waals surface area contributed by atoms with Crippen LogP contribution < -0.4 is 5.32 Å². The summed E-state index contributed by atoms with van der Waals surface area (Å²) in [6.07, 6.45) is 19.9. The largest absolute Gasteiger partial charge is 0.462 e. The molecule has 1 unspecified atom stereocenters. The molecule has 240 valence electrons. The van der Waals surface area contributed by atoms with Crippen LogP contribution >= 0.6 is 0 Å². The van der Waals surface area contributed by atoms with E-state index in [2.05, 4.69) is 30.1 Å². The number of nitrogens with one attached hydrogen (secondary N) is 1. The minimum Gasteiger partial charge on any atom is -0.462 e. The minimum absolute atomic E-state index is 0.00332. The summed E-state index contributed by atoms with van der Waals surface area (Å²) >= 11 is 0. The maximum atomic E-state index is 11.2. The first-order valence-electron chi connectivity index (χ1n) is 15.5. The van der Waals surface area contributed by atoms with Gasteiger partial charge in [-0.1, -0.05) is 116 Å². The smallest absolute Gasteiger partial charge is 0.407 e. The fraction of sp³-hybridized carbons (Fsp3) is 0.781. The average Bonchev–Trinajstić information content (AvgIpc) is 2.95. The van der Waals surface area contributed by atoms with Gasteiger partial charge in [-0.2, -0.15) is 0 Å². The van der Waals surface area contributed by atoms with Crippen LogP contribution in [0.5, 0.6) is 0 Å². The highest BCUT2D eigenvalue weighted by atomic mass is 16.6. The van der Waals surface area contributed by atoms with Crippen molar-refractivity contribution >= 4 is 18.0 Å². The highest BCUT2D eigenvalue weighted by Gasteiger charge is 2.08. The molecule has 9 heteroatoms. The minimum atomic E-state index is -1.10. The second-order valence-electron chi connectivity index (χ2n) is 10.5. The van der Waals surface area contributed by atoms with Crippen molar-refractivity contribution in [2.24, 2.45) is 0 Å². The molecule has 0 saturated carbocycles. The van der Waals surface area contributed by atoms with E-state index in [1.54, 1.807) is 6.92 Å². The number of alkyl carbamates (subject to hydrolysis) is 1. The summed E-state index contributed by atoms with van der Waals surface area (Å²) in [5.41, 5.74) is 0.769. The van der Waals surface area contributed by atoms with Gasteiger partial charge in [0.1, 0.15) is 19.3 Å². The molecule has 0 fully saturated rings. The number of carbonyl (C=O) groups is 3. The number of aliphatic hydroxyl groups excluding tert-OH is 2. The normalized spacial score (nSPS) is 11.0. The van der Waals surface area contributed by atoms with E-state index in [4.69, 9.17) is 19.7 Å². The Morgan fingerprint density at radius 1 is 0.659 bits per heavy atom. The van der Waals surface area contributed by atoms with E-state index < -0.39 is 24.8 Å². The molecule has 41 heavy (non-hydrogen) atoms. The zero-order valence-electron chi connectivity index (χ0n) is 26.2. The lowest BCUT2D eigenvalue weighted by atomic mass is 10.0. The number of rotatable bonds is 25. The molecule has 9 nitrogen and oxygen atoms in total. The topological polar surface area (TPSA) is 131 Å². The number of ether oxygens (including phenoxy) is 3. The molecule has 0 heterocycles. The molecule has 0 spiro atoms. The number of aliphatic hydroxyl groups is 2. The monoisotopic (exact) mass is 585 g/mol. The molecule has 0 aliphatic rings. The van der Waals surface area contributed by atoms with Gasteiger partial charge >= 0.3 is 18.0 Å². The number of hydrogen-bond acceptors (Lipinski definition) is 8. The first kappa shape index (κ1) is 40.7. The van der Waals surface area contributed by atoms with Crippen LogP contribution in [0.4, 0.5) is 4.79 Å². The maximum absolute atomic E-state index is 11.2. The first-order chi connectivity index (χ1) is 19.6. The van der Waals surface area contributed by atoms with Gasteiger partial charge in [0.05, 0.1) is 19.8 Å². The predicted molar refractivity (Wildman–Crippen MR) is 164 cm³/mol. The quantitative estimate of drug-likeness (QED) is 0.0476. The molecule has 0 radical (unpaired) electrons. The summed E-state index contributed by atoms with van der Waals surface area (Å²) in [6.45, 7) is 12.3. The van der Waals surface area contributed by atoms with Gasteiger partial charge in [0.15, 0.2) is 0 Å². The van der Waals surface area contributed by atoms with Crippen molar-refractivity contribution < 1.29 is 38.8 Å². The van der Waals surface area contributed by atoms with Crippen molar-refractivity contribution in [3.8, 4) is 0 Å². The predicted octanol–water partition coefficient (Wildman–Crippen LogP) is 6.55. The first-order valence-corrected chi connectivity index (χ1v) is 15.5. The Morgan fingerprint density at radius 2 is 1.05 bits per heavy atom. The Morgan fingerprint density at radius 3 is 1.44 bits per heavy atom. The van der Waals surface area contributed by atoms with Crippen LogP contribution in [0, 0.1) is 0 Å². The van der Waals surface area contributed by atoms with E-state index in [0.29, 0.717) is 12.2 Å². The van der Waals surface area contributed by atoms with E-state index in [-0.39, 0.29) is 31.3 Å². The van der Waals surface area contributed by atoms with Crippen molar-refractivity contribution in [2.75, 3.05) is 33.0 Å². The number of carbonyl (C=O) groups excluding carboxylic acids is 3. The van der Waals surface area contributed by atoms with Crippen LogP contribution in [-0.4, -0.2) is 67.3 Å². The molecule has 1 atom stereocenters. The molecule has 0 bridgehead atoms. The Labute approximate surface area is 249 Å². The van der Waals surface area contributed by atoms with Gasteiger partial charge in [-0.15, -0.1) is 0 Å². The lowest BCUT2D eigenvalue weighted by molar-refractivity contribution is -0.139. The fourth-order valence-corrected chi connectivity index (χ4v) is 3.63. The molecule has 3 N–H and O–H groups in total. The highest BCUT2D eigenvalue weighted by molar-refractivity contribution is 5.87. The van der Waals surface area contributed by atoms with Gasteiger partial charge < -0.3 is 29.7 Å². The highest BCUT2D eigenvalue weighted by Crippen LogP contribution is 2.13. The number of hydrogen-bond donors (Lipinski definition) is 3. The van der Waals surface area contributed by atoms with Gasteiger partial charge in [-0.05, 0) is 20.3 Å². The molecule has 0 aromatic rings. The van der Waals surface area contributed by atoms with E-state index in [0.717, 1.165) is 6.42 Å². The molecule has 1 amide bonds. The molecule has 0 aliphatic carbocycles. The Bertz CT molecular complexity index is 695. The molecule has 0 rings (SSSR count). The zero-order valence-corrected chi connectivity index (χ0v) is 26.2. The number of amides is 1. The van der Waals surface area contributed by atoms with Crippen LogP contribution in [0.1, 0.15) is 124 Å². The zero-order chi connectivity index (χ0) is 31.1. The van der Waals surface area contributed by atoms with E-state index in [1.165, 1.54) is 103 Å². The van der Waals surface area contributed by atoms with Crippen LogP contribution in [0.2, 0.25) is 0 Å². The second kappa shape index (κ2) is 30.6. The van der Waals surface area contributed by atoms with Crippen LogP contribution in [0.25, 0.3) is 0 Å². The van der Waals surface area contributed by atoms with Crippen molar-refractivity contribution in [3.05, 3.63) is 24.3 Å². The van der Waals surface area contributed by atoms with Gasteiger partial charge in [-0.3, -0.25) is 0 Å². The standard InChI is InChI=1S/C22H42O2.C10H17NO6/c1-4-5-6-7-8-9-10-11-12-13-14-15-16-17-18-19-20-24-22(23)21(2)3;1-7(2)9(14)16-4-3-11-10(15)17-6-8(13)5-12/h2,4-20H2,1,3H3;8,12-13H,1,3-6H2,2H3,(H,11,15). The Balaban J connectivity index is 0. The Kier molecular flexibility index (Phi) is 30.4. The van der Waals surface area contributed by atoms with Gasteiger partial charge in [0, 0.05) is 11.1 Å². The third-order valence-electron chi connectivity index (χ3n) is 6.15. The van der Waals surface area contributed by atoms with Crippen LogP contribution in [0.15, 0.2) is 24.3 Å². The third-order valence-corrected chi connectivity index (χ3v) is 6.15. The van der Waals surface area contributed by atoms with Crippen molar-refractivity contribution in [1.29, 1.82) is 0 Å². The summed E-state index contributed by atoms with van der Waals surface area (Å²) in [5.74, 6) is -0.785.